The number of rotatable bonds is 2. The van der Waals surface area contributed by atoms with Crippen LogP contribution in [0.4, 0.5) is 4.39 Å². The Kier molecular flexibility index (Phi) is 3.11. The zero-order valence-corrected chi connectivity index (χ0v) is 10.8. The van der Waals surface area contributed by atoms with Gasteiger partial charge in [-0.1, -0.05) is 12.1 Å². The van der Waals surface area contributed by atoms with Crippen molar-refractivity contribution in [3.05, 3.63) is 56.5 Å². The van der Waals surface area contributed by atoms with Gasteiger partial charge in [0.1, 0.15) is 5.82 Å². The van der Waals surface area contributed by atoms with E-state index >= 15 is 0 Å². The molecule has 0 saturated heterocycles. The number of benzene rings is 1. The predicted octanol–water partition coefficient (Wildman–Crippen LogP) is 4.04. The van der Waals surface area contributed by atoms with E-state index in [0.29, 0.717) is 10.4 Å². The van der Waals surface area contributed by atoms with E-state index in [0.717, 1.165) is 10.4 Å². The van der Waals surface area contributed by atoms with E-state index in [-0.39, 0.29) is 11.3 Å². The SMILES string of the molecule is Cc1cc(C)c(C(=O)c2cccc(C)c2F)s1. The molecule has 0 aliphatic rings. The first-order chi connectivity index (χ1) is 8.00. The molecule has 0 atom stereocenters. The van der Waals surface area contributed by atoms with Crippen molar-refractivity contribution < 1.29 is 9.18 Å². The van der Waals surface area contributed by atoms with Gasteiger partial charge in [0.25, 0.3) is 0 Å². The number of carbonyl (C=O) groups is 1. The second kappa shape index (κ2) is 4.41. The molecule has 1 heterocycles. The molecule has 0 aliphatic carbocycles. The number of halogens is 1. The highest BCUT2D eigenvalue weighted by Gasteiger charge is 2.18. The summed E-state index contributed by atoms with van der Waals surface area (Å²) in [5.74, 6) is -0.634. The van der Waals surface area contributed by atoms with E-state index in [4.69, 9.17) is 0 Å². The lowest BCUT2D eigenvalue weighted by Crippen LogP contribution is -2.04. The lowest BCUT2D eigenvalue weighted by Gasteiger charge is -2.03. The molecule has 0 bridgehead atoms. The van der Waals surface area contributed by atoms with Crippen molar-refractivity contribution in [3.8, 4) is 0 Å². The average Bonchev–Trinajstić information content (AvgIpc) is 2.61. The van der Waals surface area contributed by atoms with E-state index in [1.165, 1.54) is 11.3 Å². The Hall–Kier alpha value is -1.48. The summed E-state index contributed by atoms with van der Waals surface area (Å²) in [5, 5.41) is 0. The van der Waals surface area contributed by atoms with Gasteiger partial charge in [-0.3, -0.25) is 4.79 Å². The second-order valence-corrected chi connectivity index (χ2v) is 5.39. The molecule has 0 aliphatic heterocycles. The number of hydrogen-bond donors (Lipinski definition) is 0. The Labute approximate surface area is 104 Å². The number of carbonyl (C=O) groups excluding carboxylic acids is 1. The summed E-state index contributed by atoms with van der Waals surface area (Å²) in [7, 11) is 0. The first kappa shape index (κ1) is 12.0. The molecule has 1 nitrogen and oxygen atoms in total. The van der Waals surface area contributed by atoms with Gasteiger partial charge in [0.05, 0.1) is 10.4 Å². The summed E-state index contributed by atoms with van der Waals surface area (Å²) in [5.41, 5.74) is 1.58. The normalized spacial score (nSPS) is 10.6. The highest BCUT2D eigenvalue weighted by Crippen LogP contribution is 2.25. The smallest absolute Gasteiger partial charge is 0.206 e. The molecule has 0 unspecified atom stereocenters. The molecule has 88 valence electrons. The monoisotopic (exact) mass is 248 g/mol. The number of thiophene rings is 1. The molecule has 0 radical (unpaired) electrons. The van der Waals surface area contributed by atoms with Gasteiger partial charge in [0, 0.05) is 4.88 Å². The minimum Gasteiger partial charge on any atom is -0.288 e. The molecular weight excluding hydrogens is 235 g/mol. The van der Waals surface area contributed by atoms with Gasteiger partial charge in [-0.25, -0.2) is 4.39 Å². The van der Waals surface area contributed by atoms with Crippen LogP contribution in [0.3, 0.4) is 0 Å². The van der Waals surface area contributed by atoms with Crippen LogP contribution in [0, 0.1) is 26.6 Å². The predicted molar refractivity (Wildman–Crippen MR) is 68.4 cm³/mol. The van der Waals surface area contributed by atoms with Gasteiger partial charge < -0.3 is 0 Å². The summed E-state index contributed by atoms with van der Waals surface area (Å²) in [6.45, 7) is 5.49. The van der Waals surface area contributed by atoms with Crippen LogP contribution in [-0.2, 0) is 0 Å². The molecule has 2 rings (SSSR count). The van der Waals surface area contributed by atoms with Crippen LogP contribution in [0.5, 0.6) is 0 Å². The third kappa shape index (κ3) is 2.15. The quantitative estimate of drug-likeness (QED) is 0.733. The van der Waals surface area contributed by atoms with Crippen LogP contribution in [0.25, 0.3) is 0 Å². The molecule has 2 aromatic rings. The maximum absolute atomic E-state index is 13.9. The van der Waals surface area contributed by atoms with Crippen LogP contribution in [-0.4, -0.2) is 5.78 Å². The molecule has 0 N–H and O–H groups in total. The third-order valence-electron chi connectivity index (χ3n) is 2.68. The zero-order valence-electron chi connectivity index (χ0n) is 10.0. The molecule has 0 fully saturated rings. The van der Waals surface area contributed by atoms with Gasteiger partial charge >= 0.3 is 0 Å². The van der Waals surface area contributed by atoms with Crippen molar-refractivity contribution in [2.75, 3.05) is 0 Å². The fraction of sp³-hybridized carbons (Fsp3) is 0.214. The van der Waals surface area contributed by atoms with Crippen molar-refractivity contribution in [2.45, 2.75) is 20.8 Å². The lowest BCUT2D eigenvalue weighted by molar-refractivity contribution is 0.103. The van der Waals surface area contributed by atoms with Gasteiger partial charge in [-0.15, -0.1) is 11.3 Å². The summed E-state index contributed by atoms with van der Waals surface area (Å²) < 4.78 is 13.9. The number of ketones is 1. The van der Waals surface area contributed by atoms with E-state index in [1.807, 2.05) is 19.9 Å². The van der Waals surface area contributed by atoms with E-state index in [2.05, 4.69) is 0 Å². The Bertz CT molecular complexity index is 584. The Morgan fingerprint density at radius 1 is 1.18 bits per heavy atom. The third-order valence-corrected chi connectivity index (χ3v) is 3.83. The van der Waals surface area contributed by atoms with Crippen molar-refractivity contribution in [1.29, 1.82) is 0 Å². The molecule has 0 spiro atoms. The topological polar surface area (TPSA) is 17.1 Å². The summed E-state index contributed by atoms with van der Waals surface area (Å²) in [6, 6.07) is 6.87. The van der Waals surface area contributed by atoms with Crippen molar-refractivity contribution in [2.24, 2.45) is 0 Å². The fourth-order valence-electron chi connectivity index (χ4n) is 1.81. The Balaban J connectivity index is 2.51. The van der Waals surface area contributed by atoms with Crippen molar-refractivity contribution >= 4 is 17.1 Å². The molecule has 1 aromatic heterocycles. The molecule has 17 heavy (non-hydrogen) atoms. The van der Waals surface area contributed by atoms with E-state index in [1.54, 1.807) is 25.1 Å². The molecule has 1 aromatic carbocycles. The van der Waals surface area contributed by atoms with Crippen LogP contribution in [0.1, 0.15) is 31.2 Å². The average molecular weight is 248 g/mol. The van der Waals surface area contributed by atoms with Crippen molar-refractivity contribution in [3.63, 3.8) is 0 Å². The minimum absolute atomic E-state index is 0.162. The number of hydrogen-bond acceptors (Lipinski definition) is 2. The molecule has 0 saturated carbocycles. The van der Waals surface area contributed by atoms with E-state index < -0.39 is 5.82 Å². The van der Waals surface area contributed by atoms with Crippen molar-refractivity contribution in [1.82, 2.24) is 0 Å². The maximum atomic E-state index is 13.9. The summed E-state index contributed by atoms with van der Waals surface area (Å²) >= 11 is 1.42. The first-order valence-electron chi connectivity index (χ1n) is 5.37. The second-order valence-electron chi connectivity index (χ2n) is 4.13. The summed E-state index contributed by atoms with van der Waals surface area (Å²) in [6.07, 6.45) is 0. The van der Waals surface area contributed by atoms with E-state index in [9.17, 15) is 9.18 Å². The van der Waals surface area contributed by atoms with Crippen LogP contribution in [0.2, 0.25) is 0 Å². The van der Waals surface area contributed by atoms with Crippen LogP contribution >= 0.6 is 11.3 Å². The van der Waals surface area contributed by atoms with Gasteiger partial charge in [-0.2, -0.15) is 0 Å². The van der Waals surface area contributed by atoms with Gasteiger partial charge in [0.2, 0.25) is 5.78 Å². The molecule has 3 heteroatoms. The lowest BCUT2D eigenvalue weighted by atomic mass is 10.0. The fourth-order valence-corrected chi connectivity index (χ4v) is 2.79. The summed E-state index contributed by atoms with van der Waals surface area (Å²) in [4.78, 5) is 13.9. The molecular formula is C14H13FOS. The highest BCUT2D eigenvalue weighted by molar-refractivity contribution is 7.14. The zero-order chi connectivity index (χ0) is 12.6. The maximum Gasteiger partial charge on any atom is 0.206 e. The Morgan fingerprint density at radius 2 is 1.88 bits per heavy atom. The van der Waals surface area contributed by atoms with Gasteiger partial charge in [0.15, 0.2) is 0 Å². The minimum atomic E-state index is -0.414. The molecule has 0 amide bonds. The standard InChI is InChI=1S/C14H13FOS/c1-8-5-4-6-11(12(8)15)13(16)14-9(2)7-10(3)17-14/h4-7H,1-3H3. The van der Waals surface area contributed by atoms with Crippen LogP contribution < -0.4 is 0 Å². The first-order valence-corrected chi connectivity index (χ1v) is 6.19. The highest BCUT2D eigenvalue weighted by atomic mass is 32.1. The van der Waals surface area contributed by atoms with Crippen LogP contribution in [0.15, 0.2) is 24.3 Å². The number of aryl methyl sites for hydroxylation is 3. The van der Waals surface area contributed by atoms with Gasteiger partial charge in [-0.05, 0) is 44.0 Å². The Morgan fingerprint density at radius 3 is 2.47 bits per heavy atom. The largest absolute Gasteiger partial charge is 0.288 e.